The summed E-state index contributed by atoms with van der Waals surface area (Å²) in [7, 11) is 0. The molecule has 2 N–H and O–H groups in total. The number of fused-ring (bicyclic) bond motifs is 1. The SMILES string of the molecule is Cc1cc(Oc2ccc(F)cc2N)n2ncnc2n1. The zero-order valence-corrected chi connectivity index (χ0v) is 10.0. The van der Waals surface area contributed by atoms with Gasteiger partial charge in [-0.25, -0.2) is 9.37 Å². The van der Waals surface area contributed by atoms with E-state index in [0.717, 1.165) is 5.69 Å². The van der Waals surface area contributed by atoms with Crippen LogP contribution in [0.5, 0.6) is 11.6 Å². The number of benzene rings is 1. The number of nitrogens with two attached hydrogens (primary N) is 1. The monoisotopic (exact) mass is 259 g/mol. The normalized spacial score (nSPS) is 10.8. The van der Waals surface area contributed by atoms with E-state index in [1.165, 1.54) is 29.0 Å². The van der Waals surface area contributed by atoms with Crippen molar-refractivity contribution in [3.05, 3.63) is 42.1 Å². The molecule has 0 atom stereocenters. The maximum atomic E-state index is 13.0. The van der Waals surface area contributed by atoms with Crippen molar-refractivity contribution < 1.29 is 9.13 Å². The number of aryl methyl sites for hydroxylation is 1. The van der Waals surface area contributed by atoms with Crippen LogP contribution in [-0.4, -0.2) is 19.6 Å². The number of hydrogen-bond donors (Lipinski definition) is 1. The topological polar surface area (TPSA) is 78.3 Å². The highest BCUT2D eigenvalue weighted by Crippen LogP contribution is 2.27. The van der Waals surface area contributed by atoms with Gasteiger partial charge in [-0.3, -0.25) is 0 Å². The predicted octanol–water partition coefficient (Wildman–Crippen LogP) is 1.95. The lowest BCUT2D eigenvalue weighted by Crippen LogP contribution is -2.01. The summed E-state index contributed by atoms with van der Waals surface area (Å²) in [5, 5.41) is 4.01. The van der Waals surface area contributed by atoms with Gasteiger partial charge in [0.25, 0.3) is 5.78 Å². The fraction of sp³-hybridized carbons (Fsp3) is 0.0833. The Morgan fingerprint density at radius 2 is 2.16 bits per heavy atom. The second kappa shape index (κ2) is 4.20. The summed E-state index contributed by atoms with van der Waals surface area (Å²) in [6, 6.07) is 5.63. The molecule has 3 rings (SSSR count). The van der Waals surface area contributed by atoms with E-state index in [1.807, 2.05) is 6.92 Å². The summed E-state index contributed by atoms with van der Waals surface area (Å²) in [4.78, 5) is 8.18. The number of hydrogen-bond acceptors (Lipinski definition) is 5. The number of nitrogens with zero attached hydrogens (tertiary/aromatic N) is 4. The van der Waals surface area contributed by atoms with Gasteiger partial charge in [0.15, 0.2) is 5.75 Å². The van der Waals surface area contributed by atoms with Crippen LogP contribution in [0.1, 0.15) is 5.69 Å². The molecular formula is C12H10FN5O. The van der Waals surface area contributed by atoms with Crippen LogP contribution >= 0.6 is 0 Å². The van der Waals surface area contributed by atoms with E-state index in [-0.39, 0.29) is 5.69 Å². The average Bonchev–Trinajstić information content (AvgIpc) is 2.80. The number of nitrogen functional groups attached to an aromatic ring is 1. The van der Waals surface area contributed by atoms with Crippen molar-refractivity contribution in [3.63, 3.8) is 0 Å². The first kappa shape index (κ1) is 11.4. The number of ether oxygens (including phenoxy) is 1. The Hall–Kier alpha value is -2.70. The number of anilines is 1. The standard InChI is InChI=1S/C12H10FN5O/c1-7-4-11(18-12(17-7)15-6-16-18)19-10-3-2-8(13)5-9(10)14/h2-6H,14H2,1H3. The molecule has 7 heteroatoms. The molecule has 0 radical (unpaired) electrons. The molecule has 6 nitrogen and oxygen atoms in total. The maximum Gasteiger partial charge on any atom is 0.255 e. The zero-order chi connectivity index (χ0) is 13.4. The molecule has 0 bridgehead atoms. The van der Waals surface area contributed by atoms with Gasteiger partial charge in [0.1, 0.15) is 12.1 Å². The van der Waals surface area contributed by atoms with Crippen molar-refractivity contribution in [2.24, 2.45) is 0 Å². The molecule has 96 valence electrons. The van der Waals surface area contributed by atoms with Gasteiger partial charge in [0.05, 0.1) is 5.69 Å². The molecular weight excluding hydrogens is 249 g/mol. The third kappa shape index (κ3) is 2.05. The van der Waals surface area contributed by atoms with Gasteiger partial charge in [-0.05, 0) is 19.1 Å². The van der Waals surface area contributed by atoms with Crippen molar-refractivity contribution in [1.82, 2.24) is 19.6 Å². The number of rotatable bonds is 2. The fourth-order valence-corrected chi connectivity index (χ4v) is 1.69. The van der Waals surface area contributed by atoms with E-state index >= 15 is 0 Å². The van der Waals surface area contributed by atoms with Crippen LogP contribution in [0.2, 0.25) is 0 Å². The molecule has 0 amide bonds. The lowest BCUT2D eigenvalue weighted by Gasteiger charge is -2.09. The Morgan fingerprint density at radius 1 is 1.32 bits per heavy atom. The van der Waals surface area contributed by atoms with Crippen LogP contribution in [0.15, 0.2) is 30.6 Å². The summed E-state index contributed by atoms with van der Waals surface area (Å²) in [5.41, 5.74) is 6.64. The molecule has 0 aliphatic rings. The Kier molecular flexibility index (Phi) is 2.52. The van der Waals surface area contributed by atoms with Gasteiger partial charge in [-0.15, -0.1) is 0 Å². The second-order valence-electron chi connectivity index (χ2n) is 3.99. The van der Waals surface area contributed by atoms with Crippen LogP contribution in [0.4, 0.5) is 10.1 Å². The van der Waals surface area contributed by atoms with Gasteiger partial charge < -0.3 is 10.5 Å². The van der Waals surface area contributed by atoms with Crippen molar-refractivity contribution in [3.8, 4) is 11.6 Å². The van der Waals surface area contributed by atoms with E-state index < -0.39 is 5.82 Å². The Labute approximate surface area is 107 Å². The highest BCUT2D eigenvalue weighted by molar-refractivity contribution is 5.53. The molecule has 0 fully saturated rings. The fourth-order valence-electron chi connectivity index (χ4n) is 1.69. The molecule has 19 heavy (non-hydrogen) atoms. The van der Waals surface area contributed by atoms with Crippen LogP contribution in [-0.2, 0) is 0 Å². The lowest BCUT2D eigenvalue weighted by molar-refractivity contribution is 0.446. The highest BCUT2D eigenvalue weighted by Gasteiger charge is 2.10. The van der Waals surface area contributed by atoms with Crippen molar-refractivity contribution in [2.75, 3.05) is 5.73 Å². The van der Waals surface area contributed by atoms with Gasteiger partial charge in [0.2, 0.25) is 5.88 Å². The van der Waals surface area contributed by atoms with Crippen LogP contribution in [0.3, 0.4) is 0 Å². The average molecular weight is 259 g/mol. The minimum absolute atomic E-state index is 0.211. The van der Waals surface area contributed by atoms with Crippen LogP contribution in [0.25, 0.3) is 5.78 Å². The number of aromatic nitrogens is 4. The lowest BCUT2D eigenvalue weighted by atomic mass is 10.3. The molecule has 0 spiro atoms. The minimum atomic E-state index is -0.415. The minimum Gasteiger partial charge on any atom is -0.437 e. The molecule has 0 aliphatic heterocycles. The molecule has 2 aromatic heterocycles. The zero-order valence-electron chi connectivity index (χ0n) is 10.0. The molecule has 1 aromatic carbocycles. The summed E-state index contributed by atoms with van der Waals surface area (Å²) in [6.45, 7) is 1.82. The first-order valence-electron chi connectivity index (χ1n) is 5.54. The molecule has 0 aliphatic carbocycles. The van der Waals surface area contributed by atoms with Gasteiger partial charge in [0, 0.05) is 17.8 Å². The maximum absolute atomic E-state index is 13.0. The van der Waals surface area contributed by atoms with Gasteiger partial charge in [-0.2, -0.15) is 14.6 Å². The van der Waals surface area contributed by atoms with Crippen molar-refractivity contribution in [2.45, 2.75) is 6.92 Å². The molecule has 0 saturated heterocycles. The number of halogens is 1. The second-order valence-corrected chi connectivity index (χ2v) is 3.99. The first-order valence-corrected chi connectivity index (χ1v) is 5.54. The summed E-state index contributed by atoms with van der Waals surface area (Å²) < 4.78 is 20.1. The van der Waals surface area contributed by atoms with E-state index in [9.17, 15) is 4.39 Å². The predicted molar refractivity (Wildman–Crippen MR) is 66.4 cm³/mol. The third-order valence-corrected chi connectivity index (χ3v) is 2.53. The quantitative estimate of drug-likeness (QED) is 0.711. The molecule has 3 aromatic rings. The smallest absolute Gasteiger partial charge is 0.255 e. The summed E-state index contributed by atoms with van der Waals surface area (Å²) in [5.74, 6) is 0.777. The van der Waals surface area contributed by atoms with Crippen LogP contribution in [0, 0.1) is 12.7 Å². The first-order chi connectivity index (χ1) is 9.13. The summed E-state index contributed by atoms with van der Waals surface area (Å²) in [6.07, 6.45) is 1.38. The van der Waals surface area contributed by atoms with Gasteiger partial charge in [-0.1, -0.05) is 0 Å². The van der Waals surface area contributed by atoms with Crippen LogP contribution < -0.4 is 10.5 Å². The van der Waals surface area contributed by atoms with E-state index in [2.05, 4.69) is 15.1 Å². The largest absolute Gasteiger partial charge is 0.437 e. The molecule has 0 saturated carbocycles. The Bertz CT molecular complexity index is 755. The Morgan fingerprint density at radius 3 is 2.95 bits per heavy atom. The van der Waals surface area contributed by atoms with Crippen molar-refractivity contribution in [1.29, 1.82) is 0 Å². The third-order valence-electron chi connectivity index (χ3n) is 2.53. The van der Waals surface area contributed by atoms with E-state index in [0.29, 0.717) is 17.4 Å². The molecule has 2 heterocycles. The van der Waals surface area contributed by atoms with Gasteiger partial charge >= 0.3 is 0 Å². The van der Waals surface area contributed by atoms with E-state index in [4.69, 9.17) is 10.5 Å². The highest BCUT2D eigenvalue weighted by atomic mass is 19.1. The Balaban J connectivity index is 2.07. The summed E-state index contributed by atoms with van der Waals surface area (Å²) >= 11 is 0. The van der Waals surface area contributed by atoms with E-state index in [1.54, 1.807) is 6.07 Å². The van der Waals surface area contributed by atoms with Crippen molar-refractivity contribution >= 4 is 11.5 Å². The molecule has 0 unspecified atom stereocenters.